The quantitative estimate of drug-likeness (QED) is 0.608. The standard InChI is InChI=1S/C15H17NO4/c16-9-8-11(17)13-14(18)12(20-15(13)19)7-6-10-4-2-1-3-5-10/h1-5,12-13H,6-9,16H2. The van der Waals surface area contributed by atoms with E-state index >= 15 is 0 Å². The lowest BCUT2D eigenvalue weighted by Gasteiger charge is -2.07. The molecule has 1 aromatic rings. The van der Waals surface area contributed by atoms with Crippen molar-refractivity contribution >= 4 is 17.5 Å². The molecule has 0 aliphatic carbocycles. The summed E-state index contributed by atoms with van der Waals surface area (Å²) in [6.07, 6.45) is 0.245. The maximum Gasteiger partial charge on any atom is 0.325 e. The third kappa shape index (κ3) is 3.11. The molecule has 1 aromatic carbocycles. The molecule has 5 heteroatoms. The lowest BCUT2D eigenvalue weighted by Crippen LogP contribution is -2.29. The maximum absolute atomic E-state index is 12.0. The van der Waals surface area contributed by atoms with Crippen molar-refractivity contribution in [2.45, 2.75) is 25.4 Å². The topological polar surface area (TPSA) is 86.5 Å². The lowest BCUT2D eigenvalue weighted by molar-refractivity contribution is -0.146. The van der Waals surface area contributed by atoms with Gasteiger partial charge in [-0.05, 0) is 24.9 Å². The number of hydrogen-bond acceptors (Lipinski definition) is 5. The minimum Gasteiger partial charge on any atom is -0.453 e. The summed E-state index contributed by atoms with van der Waals surface area (Å²) < 4.78 is 5.03. The van der Waals surface area contributed by atoms with Crippen LogP contribution in [0.3, 0.4) is 0 Å². The molecule has 1 saturated heterocycles. The predicted molar refractivity (Wildman–Crippen MR) is 71.8 cm³/mol. The number of nitrogens with two attached hydrogens (primary N) is 1. The van der Waals surface area contributed by atoms with Crippen LogP contribution in [0, 0.1) is 5.92 Å². The fraction of sp³-hybridized carbons (Fsp3) is 0.400. The Labute approximate surface area is 117 Å². The van der Waals surface area contributed by atoms with Gasteiger partial charge in [0.05, 0.1) is 0 Å². The fourth-order valence-corrected chi connectivity index (χ4v) is 2.29. The largest absolute Gasteiger partial charge is 0.453 e. The second-order valence-corrected chi connectivity index (χ2v) is 4.79. The highest BCUT2D eigenvalue weighted by molar-refractivity contribution is 6.21. The molecule has 20 heavy (non-hydrogen) atoms. The number of hydrogen-bond donors (Lipinski definition) is 1. The summed E-state index contributed by atoms with van der Waals surface area (Å²) in [5.74, 6) is -2.86. The molecular weight excluding hydrogens is 258 g/mol. The summed E-state index contributed by atoms with van der Waals surface area (Å²) in [5, 5.41) is 0. The number of carbonyl (C=O) groups is 3. The molecule has 0 bridgehead atoms. The Morgan fingerprint density at radius 2 is 1.90 bits per heavy atom. The first-order valence-electron chi connectivity index (χ1n) is 6.64. The van der Waals surface area contributed by atoms with Crippen molar-refractivity contribution in [1.29, 1.82) is 0 Å². The van der Waals surface area contributed by atoms with Gasteiger partial charge in [-0.15, -0.1) is 0 Å². The maximum atomic E-state index is 12.0. The van der Waals surface area contributed by atoms with Crippen LogP contribution in [0.5, 0.6) is 0 Å². The van der Waals surface area contributed by atoms with Crippen LogP contribution >= 0.6 is 0 Å². The number of benzene rings is 1. The predicted octanol–water partition coefficient (Wildman–Crippen LogP) is 0.648. The van der Waals surface area contributed by atoms with Gasteiger partial charge in [0.1, 0.15) is 0 Å². The van der Waals surface area contributed by atoms with Gasteiger partial charge < -0.3 is 10.5 Å². The van der Waals surface area contributed by atoms with E-state index in [0.29, 0.717) is 12.8 Å². The smallest absolute Gasteiger partial charge is 0.325 e. The Bertz CT molecular complexity index is 512. The van der Waals surface area contributed by atoms with Crippen molar-refractivity contribution in [2.24, 2.45) is 11.7 Å². The number of cyclic esters (lactones) is 1. The van der Waals surface area contributed by atoms with Crippen LogP contribution in [-0.2, 0) is 25.5 Å². The normalized spacial score (nSPS) is 21.9. The van der Waals surface area contributed by atoms with Crippen LogP contribution in [-0.4, -0.2) is 30.2 Å². The van der Waals surface area contributed by atoms with Gasteiger partial charge in [0.25, 0.3) is 0 Å². The number of ketones is 2. The molecule has 0 aromatic heterocycles. The number of esters is 1. The lowest BCUT2D eigenvalue weighted by atomic mass is 9.94. The molecule has 2 atom stereocenters. The first-order valence-corrected chi connectivity index (χ1v) is 6.64. The molecule has 2 unspecified atom stereocenters. The molecule has 0 amide bonds. The molecule has 1 heterocycles. The minimum atomic E-state index is -1.26. The van der Waals surface area contributed by atoms with Crippen LogP contribution in [0.4, 0.5) is 0 Å². The molecule has 1 aliphatic heterocycles. The van der Waals surface area contributed by atoms with Crippen LogP contribution in [0.15, 0.2) is 30.3 Å². The van der Waals surface area contributed by atoms with E-state index in [2.05, 4.69) is 0 Å². The van der Waals surface area contributed by atoms with Gasteiger partial charge in [-0.2, -0.15) is 0 Å². The van der Waals surface area contributed by atoms with Gasteiger partial charge in [0, 0.05) is 6.42 Å². The monoisotopic (exact) mass is 275 g/mol. The van der Waals surface area contributed by atoms with Gasteiger partial charge in [0.15, 0.2) is 23.6 Å². The highest BCUT2D eigenvalue weighted by Crippen LogP contribution is 2.23. The van der Waals surface area contributed by atoms with E-state index in [1.54, 1.807) is 0 Å². The van der Waals surface area contributed by atoms with E-state index in [0.717, 1.165) is 5.56 Å². The summed E-state index contributed by atoms with van der Waals surface area (Å²) >= 11 is 0. The summed E-state index contributed by atoms with van der Waals surface area (Å²) in [6.45, 7) is 0.130. The molecule has 106 valence electrons. The SMILES string of the molecule is NCCC(=O)C1C(=O)OC(CCc2ccccc2)C1=O. The third-order valence-corrected chi connectivity index (χ3v) is 3.35. The van der Waals surface area contributed by atoms with Crippen molar-refractivity contribution in [3.05, 3.63) is 35.9 Å². The van der Waals surface area contributed by atoms with Gasteiger partial charge in [-0.1, -0.05) is 30.3 Å². The van der Waals surface area contributed by atoms with Gasteiger partial charge in [-0.25, -0.2) is 0 Å². The number of carbonyl (C=O) groups excluding carboxylic acids is 3. The number of Topliss-reactive ketones (excluding diaryl/α,β-unsaturated/α-hetero) is 2. The van der Waals surface area contributed by atoms with E-state index in [1.807, 2.05) is 30.3 Å². The molecule has 5 nitrogen and oxygen atoms in total. The summed E-state index contributed by atoms with van der Waals surface area (Å²) in [7, 11) is 0. The molecule has 1 fully saturated rings. The highest BCUT2D eigenvalue weighted by atomic mass is 16.6. The summed E-state index contributed by atoms with van der Waals surface area (Å²) in [4.78, 5) is 35.3. The third-order valence-electron chi connectivity index (χ3n) is 3.35. The van der Waals surface area contributed by atoms with E-state index in [9.17, 15) is 14.4 Å². The van der Waals surface area contributed by atoms with E-state index < -0.39 is 29.6 Å². The first kappa shape index (κ1) is 14.4. The number of ether oxygens (including phenoxy) is 1. The Morgan fingerprint density at radius 3 is 2.55 bits per heavy atom. The zero-order valence-corrected chi connectivity index (χ0v) is 11.1. The average Bonchev–Trinajstić information content (AvgIpc) is 2.72. The van der Waals surface area contributed by atoms with Crippen molar-refractivity contribution in [3.63, 3.8) is 0 Å². The van der Waals surface area contributed by atoms with Crippen molar-refractivity contribution in [2.75, 3.05) is 6.54 Å². The van der Waals surface area contributed by atoms with Crippen LogP contribution < -0.4 is 5.73 Å². The fourth-order valence-electron chi connectivity index (χ4n) is 2.29. The molecule has 2 N–H and O–H groups in total. The van der Waals surface area contributed by atoms with Crippen LogP contribution in [0.25, 0.3) is 0 Å². The van der Waals surface area contributed by atoms with Gasteiger partial charge in [-0.3, -0.25) is 14.4 Å². The van der Waals surface area contributed by atoms with E-state index in [4.69, 9.17) is 10.5 Å². The first-order chi connectivity index (χ1) is 9.63. The van der Waals surface area contributed by atoms with Crippen molar-refractivity contribution in [3.8, 4) is 0 Å². The Balaban J connectivity index is 1.96. The zero-order chi connectivity index (χ0) is 14.5. The second kappa shape index (κ2) is 6.43. The molecule has 1 aliphatic rings. The van der Waals surface area contributed by atoms with Crippen molar-refractivity contribution < 1.29 is 19.1 Å². The average molecular weight is 275 g/mol. The minimum absolute atomic E-state index is 0.0247. The molecule has 0 saturated carbocycles. The van der Waals surface area contributed by atoms with Crippen LogP contribution in [0.2, 0.25) is 0 Å². The van der Waals surface area contributed by atoms with Gasteiger partial charge >= 0.3 is 5.97 Å². The Kier molecular flexibility index (Phi) is 4.63. The zero-order valence-electron chi connectivity index (χ0n) is 11.1. The molecule has 0 radical (unpaired) electrons. The molecule has 2 rings (SSSR count). The van der Waals surface area contributed by atoms with Crippen molar-refractivity contribution in [1.82, 2.24) is 0 Å². The number of aryl methyl sites for hydroxylation is 1. The van der Waals surface area contributed by atoms with Gasteiger partial charge in [0.2, 0.25) is 0 Å². The van der Waals surface area contributed by atoms with E-state index in [1.165, 1.54) is 0 Å². The summed E-state index contributed by atoms with van der Waals surface area (Å²) in [6, 6.07) is 9.61. The summed E-state index contributed by atoms with van der Waals surface area (Å²) in [5.41, 5.74) is 6.34. The highest BCUT2D eigenvalue weighted by Gasteiger charge is 2.46. The molecule has 0 spiro atoms. The number of rotatable bonds is 6. The Hall–Kier alpha value is -2.01. The molecular formula is C15H17NO4. The second-order valence-electron chi connectivity index (χ2n) is 4.79. The van der Waals surface area contributed by atoms with Crippen LogP contribution in [0.1, 0.15) is 18.4 Å². The Morgan fingerprint density at radius 1 is 1.20 bits per heavy atom. The van der Waals surface area contributed by atoms with E-state index in [-0.39, 0.29) is 13.0 Å².